The van der Waals surface area contributed by atoms with Gasteiger partial charge in [0, 0.05) is 38.7 Å². The van der Waals surface area contributed by atoms with Crippen LogP contribution in [0.1, 0.15) is 15.5 Å². The van der Waals surface area contributed by atoms with E-state index in [1.807, 2.05) is 0 Å². The highest BCUT2D eigenvalue weighted by atomic mass is 35.5. The molecule has 2 aromatic rings. The minimum Gasteiger partial charge on any atom is -0.378 e. The minimum absolute atomic E-state index is 0.0881. The third-order valence-corrected chi connectivity index (χ3v) is 7.24. The van der Waals surface area contributed by atoms with Gasteiger partial charge < -0.3 is 9.64 Å². The molecule has 140 valence electrons. The Bertz CT molecular complexity index is 892. The molecule has 1 fully saturated rings. The number of carbonyl (C=O) groups excluding carboxylic acids is 1. The molecule has 0 radical (unpaired) electrons. The van der Waals surface area contributed by atoms with Gasteiger partial charge in [0.1, 0.15) is 15.6 Å². The predicted octanol–water partition coefficient (Wildman–Crippen LogP) is 2.09. The highest BCUT2D eigenvalue weighted by Crippen LogP contribution is 2.25. The van der Waals surface area contributed by atoms with E-state index in [0.717, 1.165) is 5.01 Å². The number of thiazole rings is 1. The molecular formula is C16H18ClN3O4S2. The van der Waals surface area contributed by atoms with E-state index in [1.165, 1.54) is 21.7 Å². The first-order chi connectivity index (χ1) is 12.4. The van der Waals surface area contributed by atoms with E-state index in [-0.39, 0.29) is 28.9 Å². The number of piperazine rings is 1. The molecule has 0 atom stereocenters. The maximum atomic E-state index is 12.7. The average molecular weight is 416 g/mol. The van der Waals surface area contributed by atoms with Gasteiger partial charge in [0.25, 0.3) is 5.91 Å². The smallest absolute Gasteiger partial charge is 0.273 e. The molecule has 2 heterocycles. The van der Waals surface area contributed by atoms with E-state index < -0.39 is 10.0 Å². The van der Waals surface area contributed by atoms with Gasteiger partial charge in [0.15, 0.2) is 0 Å². The molecule has 0 unspecified atom stereocenters. The van der Waals surface area contributed by atoms with E-state index in [9.17, 15) is 13.2 Å². The molecule has 0 N–H and O–H groups in total. The molecule has 26 heavy (non-hydrogen) atoms. The third kappa shape index (κ3) is 3.91. The van der Waals surface area contributed by atoms with Gasteiger partial charge in [-0.15, -0.1) is 11.3 Å². The first-order valence-corrected chi connectivity index (χ1v) is 10.6. The van der Waals surface area contributed by atoms with Gasteiger partial charge >= 0.3 is 0 Å². The van der Waals surface area contributed by atoms with Gasteiger partial charge in [-0.05, 0) is 12.1 Å². The van der Waals surface area contributed by atoms with Gasteiger partial charge in [0.05, 0.1) is 11.6 Å². The van der Waals surface area contributed by atoms with Crippen LogP contribution in [0.2, 0.25) is 5.02 Å². The number of amides is 1. The molecule has 1 aliphatic rings. The summed E-state index contributed by atoms with van der Waals surface area (Å²) in [5.41, 5.74) is 0.365. The number of hydrogen-bond donors (Lipinski definition) is 0. The fourth-order valence-electron chi connectivity index (χ4n) is 2.69. The topological polar surface area (TPSA) is 79.8 Å². The standard InChI is InChI=1S/C16H18ClN3O4S2/c1-24-10-15-18-13(11-25-15)16(21)19-6-8-20(9-7-19)26(22,23)14-5-3-2-4-12(14)17/h2-5,11H,6-10H2,1H3. The highest BCUT2D eigenvalue weighted by Gasteiger charge is 2.32. The Balaban J connectivity index is 1.67. The van der Waals surface area contributed by atoms with Crippen molar-refractivity contribution in [3.05, 3.63) is 45.4 Å². The molecule has 1 aliphatic heterocycles. The third-order valence-electron chi connectivity index (χ3n) is 4.02. The number of nitrogens with zero attached hydrogens (tertiary/aromatic N) is 3. The number of aromatic nitrogens is 1. The molecule has 7 nitrogen and oxygen atoms in total. The summed E-state index contributed by atoms with van der Waals surface area (Å²) >= 11 is 7.39. The zero-order valence-electron chi connectivity index (χ0n) is 14.1. The first kappa shape index (κ1) is 19.2. The van der Waals surface area contributed by atoms with Crippen LogP contribution in [0.3, 0.4) is 0 Å². The normalized spacial score (nSPS) is 16.0. The summed E-state index contributed by atoms with van der Waals surface area (Å²) < 4.78 is 31.9. The summed E-state index contributed by atoms with van der Waals surface area (Å²) in [6.45, 7) is 1.41. The lowest BCUT2D eigenvalue weighted by Gasteiger charge is -2.33. The predicted molar refractivity (Wildman–Crippen MR) is 98.9 cm³/mol. The van der Waals surface area contributed by atoms with Crippen molar-refractivity contribution in [3.8, 4) is 0 Å². The number of sulfonamides is 1. The van der Waals surface area contributed by atoms with Crippen molar-refractivity contribution in [3.63, 3.8) is 0 Å². The molecule has 1 amide bonds. The Hall–Kier alpha value is -1.52. The fraction of sp³-hybridized carbons (Fsp3) is 0.375. The van der Waals surface area contributed by atoms with E-state index in [1.54, 1.807) is 35.6 Å². The lowest BCUT2D eigenvalue weighted by Crippen LogP contribution is -2.50. The second-order valence-corrected chi connectivity index (χ2v) is 8.94. The van der Waals surface area contributed by atoms with Crippen LogP contribution >= 0.6 is 22.9 Å². The quantitative estimate of drug-likeness (QED) is 0.747. The molecule has 0 spiro atoms. The van der Waals surface area contributed by atoms with Crippen molar-refractivity contribution in [2.75, 3.05) is 33.3 Å². The molecule has 10 heteroatoms. The van der Waals surface area contributed by atoms with Crippen LogP contribution in [0.5, 0.6) is 0 Å². The largest absolute Gasteiger partial charge is 0.378 e. The monoisotopic (exact) mass is 415 g/mol. The van der Waals surface area contributed by atoms with Crippen LogP contribution < -0.4 is 0 Å². The lowest BCUT2D eigenvalue weighted by atomic mass is 10.3. The zero-order valence-corrected chi connectivity index (χ0v) is 16.5. The molecule has 0 saturated carbocycles. The fourth-order valence-corrected chi connectivity index (χ4v) is 5.34. The Morgan fingerprint density at radius 2 is 1.96 bits per heavy atom. The Kier molecular flexibility index (Phi) is 5.93. The van der Waals surface area contributed by atoms with Gasteiger partial charge in [-0.3, -0.25) is 4.79 Å². The molecule has 1 aromatic heterocycles. The zero-order chi connectivity index (χ0) is 18.7. The van der Waals surface area contributed by atoms with E-state index in [2.05, 4.69) is 4.98 Å². The molecular weight excluding hydrogens is 398 g/mol. The maximum absolute atomic E-state index is 12.7. The van der Waals surface area contributed by atoms with Crippen molar-refractivity contribution in [2.24, 2.45) is 0 Å². The van der Waals surface area contributed by atoms with Crippen molar-refractivity contribution in [1.82, 2.24) is 14.2 Å². The minimum atomic E-state index is -3.68. The summed E-state index contributed by atoms with van der Waals surface area (Å²) in [6, 6.07) is 6.36. The van der Waals surface area contributed by atoms with Crippen molar-refractivity contribution in [2.45, 2.75) is 11.5 Å². The summed E-state index contributed by atoms with van der Waals surface area (Å²) in [5.74, 6) is -0.196. The molecule has 1 aromatic carbocycles. The van der Waals surface area contributed by atoms with Gasteiger partial charge in [-0.25, -0.2) is 13.4 Å². The highest BCUT2D eigenvalue weighted by molar-refractivity contribution is 7.89. The van der Waals surface area contributed by atoms with E-state index >= 15 is 0 Å². The molecule has 0 aliphatic carbocycles. The second kappa shape index (κ2) is 8.01. The number of ether oxygens (including phenoxy) is 1. The van der Waals surface area contributed by atoms with E-state index in [0.29, 0.717) is 25.4 Å². The second-order valence-electron chi connectivity index (χ2n) is 5.69. The number of rotatable bonds is 5. The van der Waals surface area contributed by atoms with Crippen LogP contribution in [0, 0.1) is 0 Å². The number of hydrogen-bond acceptors (Lipinski definition) is 6. The van der Waals surface area contributed by atoms with Crippen molar-refractivity contribution < 1.29 is 17.9 Å². The van der Waals surface area contributed by atoms with Crippen LogP contribution in [0.4, 0.5) is 0 Å². The summed E-state index contributed by atoms with van der Waals surface area (Å²) in [5, 5.41) is 2.62. The van der Waals surface area contributed by atoms with Gasteiger partial charge in [-0.2, -0.15) is 4.31 Å². The average Bonchev–Trinajstić information content (AvgIpc) is 3.10. The van der Waals surface area contributed by atoms with Gasteiger partial charge in [-0.1, -0.05) is 23.7 Å². The summed E-state index contributed by atoms with van der Waals surface area (Å²) in [4.78, 5) is 18.5. The van der Waals surface area contributed by atoms with Crippen LogP contribution in [0.15, 0.2) is 34.5 Å². The Morgan fingerprint density at radius 1 is 1.27 bits per heavy atom. The number of carbonyl (C=O) groups is 1. The summed E-state index contributed by atoms with van der Waals surface area (Å²) in [7, 11) is -2.11. The van der Waals surface area contributed by atoms with Gasteiger partial charge in [0.2, 0.25) is 10.0 Å². The van der Waals surface area contributed by atoms with Crippen molar-refractivity contribution >= 4 is 38.9 Å². The molecule has 1 saturated heterocycles. The summed E-state index contributed by atoms with van der Waals surface area (Å²) in [6.07, 6.45) is 0. The Morgan fingerprint density at radius 3 is 2.62 bits per heavy atom. The molecule has 0 bridgehead atoms. The Labute approximate surface area is 161 Å². The van der Waals surface area contributed by atoms with Crippen LogP contribution in [0.25, 0.3) is 0 Å². The van der Waals surface area contributed by atoms with Crippen LogP contribution in [-0.4, -0.2) is 61.8 Å². The van der Waals surface area contributed by atoms with Crippen LogP contribution in [-0.2, 0) is 21.4 Å². The van der Waals surface area contributed by atoms with E-state index in [4.69, 9.17) is 16.3 Å². The number of benzene rings is 1. The lowest BCUT2D eigenvalue weighted by molar-refractivity contribution is 0.0692. The number of halogens is 1. The van der Waals surface area contributed by atoms with Crippen molar-refractivity contribution in [1.29, 1.82) is 0 Å². The SMILES string of the molecule is COCc1nc(C(=O)N2CCN(S(=O)(=O)c3ccccc3Cl)CC2)cs1. The molecule has 3 rings (SSSR count). The first-order valence-electron chi connectivity index (χ1n) is 7.91. The maximum Gasteiger partial charge on any atom is 0.273 e. The number of methoxy groups -OCH3 is 1.